The second kappa shape index (κ2) is 6.83. The van der Waals surface area contributed by atoms with Crippen molar-refractivity contribution >= 4 is 11.3 Å². The van der Waals surface area contributed by atoms with Gasteiger partial charge in [0.2, 0.25) is 0 Å². The first kappa shape index (κ1) is 14.2. The Morgan fingerprint density at radius 1 is 1.21 bits per heavy atom. The lowest BCUT2D eigenvalue weighted by molar-refractivity contribution is 0.534. The van der Waals surface area contributed by atoms with Crippen molar-refractivity contribution < 1.29 is 0 Å². The molecule has 0 saturated carbocycles. The molecule has 1 aromatic heterocycles. The van der Waals surface area contributed by atoms with E-state index in [4.69, 9.17) is 0 Å². The predicted octanol–water partition coefficient (Wildman–Crippen LogP) is 4.04. The van der Waals surface area contributed by atoms with E-state index in [1.54, 1.807) is 0 Å². The van der Waals surface area contributed by atoms with Crippen LogP contribution in [-0.2, 0) is 6.42 Å². The molecule has 2 rings (SSSR count). The molecule has 19 heavy (non-hydrogen) atoms. The number of aromatic nitrogens is 1. The Hall–Kier alpha value is -1.19. The van der Waals surface area contributed by atoms with Crippen molar-refractivity contribution in [2.24, 2.45) is 0 Å². The van der Waals surface area contributed by atoms with Gasteiger partial charge in [-0.15, -0.1) is 11.3 Å². The molecule has 3 heteroatoms. The first-order valence-electron chi connectivity index (χ1n) is 6.92. The molecular weight excluding hydrogens is 252 g/mol. The van der Waals surface area contributed by atoms with Gasteiger partial charge in [0.25, 0.3) is 0 Å². The van der Waals surface area contributed by atoms with Crippen LogP contribution in [-0.4, -0.2) is 11.5 Å². The van der Waals surface area contributed by atoms with E-state index < -0.39 is 0 Å². The van der Waals surface area contributed by atoms with Gasteiger partial charge >= 0.3 is 0 Å². The Bertz CT molecular complexity index is 505. The van der Waals surface area contributed by atoms with Crippen molar-refractivity contribution in [2.75, 3.05) is 6.54 Å². The molecule has 0 aliphatic heterocycles. The van der Waals surface area contributed by atoms with Gasteiger partial charge in [0, 0.05) is 10.9 Å². The molecule has 0 aliphatic rings. The topological polar surface area (TPSA) is 24.9 Å². The molecule has 0 fully saturated rings. The summed E-state index contributed by atoms with van der Waals surface area (Å²) in [4.78, 5) is 5.94. The van der Waals surface area contributed by atoms with Crippen LogP contribution < -0.4 is 5.32 Å². The summed E-state index contributed by atoms with van der Waals surface area (Å²) >= 11 is 1.82. The van der Waals surface area contributed by atoms with Crippen LogP contribution in [0.4, 0.5) is 0 Å². The zero-order valence-electron chi connectivity index (χ0n) is 11.9. The standard InChI is InChI=1S/C16H22N2S/c1-4-10-17-15(11-14-8-6-5-7-9-14)16-12(2)18-13(3)19-16/h5-9,15,17H,4,10-11H2,1-3H3. The van der Waals surface area contributed by atoms with Gasteiger partial charge in [-0.2, -0.15) is 0 Å². The van der Waals surface area contributed by atoms with Crippen molar-refractivity contribution in [2.45, 2.75) is 39.7 Å². The molecule has 1 N–H and O–H groups in total. The lowest BCUT2D eigenvalue weighted by Crippen LogP contribution is -2.24. The van der Waals surface area contributed by atoms with E-state index in [2.05, 4.69) is 61.4 Å². The number of aryl methyl sites for hydroxylation is 2. The Kier molecular flexibility index (Phi) is 5.11. The second-order valence-electron chi connectivity index (χ2n) is 4.88. The highest BCUT2D eigenvalue weighted by molar-refractivity contribution is 7.11. The lowest BCUT2D eigenvalue weighted by Gasteiger charge is -2.18. The maximum Gasteiger partial charge on any atom is 0.0900 e. The molecular formula is C16H22N2S. The summed E-state index contributed by atoms with van der Waals surface area (Å²) in [6, 6.07) is 11.1. The highest BCUT2D eigenvalue weighted by Crippen LogP contribution is 2.27. The third-order valence-corrected chi connectivity index (χ3v) is 4.37. The van der Waals surface area contributed by atoms with Crippen LogP contribution in [0.15, 0.2) is 30.3 Å². The lowest BCUT2D eigenvalue weighted by atomic mass is 10.0. The molecule has 2 aromatic rings. The summed E-state index contributed by atoms with van der Waals surface area (Å²) in [6.07, 6.45) is 2.19. The number of nitrogens with zero attached hydrogens (tertiary/aromatic N) is 1. The minimum Gasteiger partial charge on any atom is -0.309 e. The number of hydrogen-bond acceptors (Lipinski definition) is 3. The Balaban J connectivity index is 2.18. The van der Waals surface area contributed by atoms with Gasteiger partial charge in [0.05, 0.1) is 10.7 Å². The van der Waals surface area contributed by atoms with Crippen LogP contribution >= 0.6 is 11.3 Å². The number of thiazole rings is 1. The van der Waals surface area contributed by atoms with E-state index in [1.165, 1.54) is 16.1 Å². The average molecular weight is 274 g/mol. The van der Waals surface area contributed by atoms with Gasteiger partial charge in [-0.25, -0.2) is 4.98 Å². The molecule has 102 valence electrons. The molecule has 0 spiro atoms. The van der Waals surface area contributed by atoms with Crippen molar-refractivity contribution in [3.63, 3.8) is 0 Å². The van der Waals surface area contributed by atoms with Crippen molar-refractivity contribution in [3.8, 4) is 0 Å². The molecule has 1 atom stereocenters. The molecule has 1 heterocycles. The van der Waals surface area contributed by atoms with E-state index >= 15 is 0 Å². The van der Waals surface area contributed by atoms with E-state index in [9.17, 15) is 0 Å². The van der Waals surface area contributed by atoms with E-state index in [0.717, 1.165) is 24.4 Å². The van der Waals surface area contributed by atoms with Crippen molar-refractivity contribution in [3.05, 3.63) is 51.5 Å². The molecule has 0 amide bonds. The minimum atomic E-state index is 0.383. The fourth-order valence-corrected chi connectivity index (χ4v) is 3.30. The van der Waals surface area contributed by atoms with Crippen LogP contribution in [0.3, 0.4) is 0 Å². The average Bonchev–Trinajstić information content (AvgIpc) is 2.75. The number of benzene rings is 1. The smallest absolute Gasteiger partial charge is 0.0900 e. The third-order valence-electron chi connectivity index (χ3n) is 3.18. The molecule has 2 nitrogen and oxygen atoms in total. The Morgan fingerprint density at radius 3 is 2.53 bits per heavy atom. The molecule has 0 aliphatic carbocycles. The fourth-order valence-electron chi connectivity index (χ4n) is 2.30. The van der Waals surface area contributed by atoms with Crippen LogP contribution in [0.25, 0.3) is 0 Å². The van der Waals surface area contributed by atoms with Crippen molar-refractivity contribution in [1.29, 1.82) is 0 Å². The van der Waals surface area contributed by atoms with Crippen LogP contribution in [0, 0.1) is 13.8 Å². The fraction of sp³-hybridized carbons (Fsp3) is 0.438. The summed E-state index contributed by atoms with van der Waals surface area (Å²) in [5.74, 6) is 0. The van der Waals surface area contributed by atoms with Crippen LogP contribution in [0.5, 0.6) is 0 Å². The maximum absolute atomic E-state index is 4.56. The summed E-state index contributed by atoms with van der Waals surface area (Å²) in [6.45, 7) is 7.45. The first-order chi connectivity index (χ1) is 9.20. The highest BCUT2D eigenvalue weighted by atomic mass is 32.1. The maximum atomic E-state index is 4.56. The number of hydrogen-bond donors (Lipinski definition) is 1. The minimum absolute atomic E-state index is 0.383. The second-order valence-corrected chi connectivity index (χ2v) is 6.11. The number of rotatable bonds is 6. The van der Waals surface area contributed by atoms with Crippen LogP contribution in [0.1, 0.15) is 40.5 Å². The van der Waals surface area contributed by atoms with Crippen molar-refractivity contribution in [1.82, 2.24) is 10.3 Å². The predicted molar refractivity (Wildman–Crippen MR) is 82.8 cm³/mol. The van der Waals surface area contributed by atoms with Gasteiger partial charge in [0.1, 0.15) is 0 Å². The molecule has 0 saturated heterocycles. The number of nitrogens with one attached hydrogen (secondary N) is 1. The van der Waals surface area contributed by atoms with E-state index in [1.807, 2.05) is 11.3 Å². The van der Waals surface area contributed by atoms with Gasteiger partial charge in [-0.3, -0.25) is 0 Å². The summed E-state index contributed by atoms with van der Waals surface area (Å²) < 4.78 is 0. The Morgan fingerprint density at radius 2 is 1.95 bits per heavy atom. The first-order valence-corrected chi connectivity index (χ1v) is 7.73. The highest BCUT2D eigenvalue weighted by Gasteiger charge is 2.17. The van der Waals surface area contributed by atoms with Crippen LogP contribution in [0.2, 0.25) is 0 Å². The molecule has 1 unspecified atom stereocenters. The quantitative estimate of drug-likeness (QED) is 0.860. The summed E-state index contributed by atoms with van der Waals surface area (Å²) in [7, 11) is 0. The third kappa shape index (κ3) is 3.88. The largest absolute Gasteiger partial charge is 0.309 e. The molecule has 0 bridgehead atoms. The monoisotopic (exact) mass is 274 g/mol. The van der Waals surface area contributed by atoms with Gasteiger partial charge < -0.3 is 5.32 Å². The SMILES string of the molecule is CCCNC(Cc1ccccc1)c1sc(C)nc1C. The van der Waals surface area contributed by atoms with E-state index in [0.29, 0.717) is 6.04 Å². The molecule has 0 radical (unpaired) electrons. The van der Waals surface area contributed by atoms with Gasteiger partial charge in [0.15, 0.2) is 0 Å². The molecule has 1 aromatic carbocycles. The Labute approximate surface area is 119 Å². The van der Waals surface area contributed by atoms with Gasteiger partial charge in [-0.05, 0) is 38.8 Å². The summed E-state index contributed by atoms with van der Waals surface area (Å²) in [5, 5.41) is 4.82. The van der Waals surface area contributed by atoms with E-state index in [-0.39, 0.29) is 0 Å². The normalized spacial score (nSPS) is 12.6. The van der Waals surface area contributed by atoms with Gasteiger partial charge in [-0.1, -0.05) is 37.3 Å². The summed E-state index contributed by atoms with van der Waals surface area (Å²) in [5.41, 5.74) is 2.55. The zero-order valence-corrected chi connectivity index (χ0v) is 12.8. The zero-order chi connectivity index (χ0) is 13.7.